The Morgan fingerprint density at radius 2 is 1.91 bits per heavy atom. The van der Waals surface area contributed by atoms with Crippen molar-refractivity contribution in [3.63, 3.8) is 0 Å². The summed E-state index contributed by atoms with van der Waals surface area (Å²) in [4.78, 5) is 12.6. The van der Waals surface area contributed by atoms with Gasteiger partial charge in [0.05, 0.1) is 31.9 Å². The summed E-state index contributed by atoms with van der Waals surface area (Å²) in [7, 11) is -3.55. The second-order valence-corrected chi connectivity index (χ2v) is 11.1. The molecule has 1 unspecified atom stereocenters. The summed E-state index contributed by atoms with van der Waals surface area (Å²) in [6.45, 7) is 3.71. The van der Waals surface area contributed by atoms with Gasteiger partial charge in [0.2, 0.25) is 10.0 Å². The average Bonchev–Trinajstić information content (AvgIpc) is 3.15. The number of carboxylic acid groups (broad SMARTS) is 1. The number of piperazine rings is 1. The number of aliphatic carboxylic acids is 1. The summed E-state index contributed by atoms with van der Waals surface area (Å²) in [6.07, 6.45) is 1.58. The molecule has 172 valence electrons. The van der Waals surface area contributed by atoms with E-state index >= 15 is 0 Å². The van der Waals surface area contributed by atoms with Crippen molar-refractivity contribution in [1.82, 2.24) is 14.0 Å². The number of halogens is 1. The Hall–Kier alpha value is -2.55. The van der Waals surface area contributed by atoms with E-state index in [2.05, 4.69) is 5.32 Å². The second-order valence-electron chi connectivity index (χ2n) is 7.63. The van der Waals surface area contributed by atoms with Crippen molar-refractivity contribution < 1.29 is 18.3 Å². The molecule has 3 heterocycles. The number of rotatable bonds is 6. The van der Waals surface area contributed by atoms with Gasteiger partial charge in [-0.3, -0.25) is 4.79 Å². The van der Waals surface area contributed by atoms with Gasteiger partial charge >= 0.3 is 5.97 Å². The number of sulfonamides is 1. The first-order valence-corrected chi connectivity index (χ1v) is 12.8. The van der Waals surface area contributed by atoms with Crippen molar-refractivity contribution in [3.8, 4) is 6.07 Å². The van der Waals surface area contributed by atoms with Crippen molar-refractivity contribution in [2.24, 2.45) is 0 Å². The number of carbonyl (C=O) groups is 1. The predicted octanol–water partition coefficient (Wildman–Crippen LogP) is 3.40. The van der Waals surface area contributed by atoms with E-state index in [0.29, 0.717) is 42.3 Å². The van der Waals surface area contributed by atoms with Gasteiger partial charge in [0.1, 0.15) is 6.07 Å². The van der Waals surface area contributed by atoms with Crippen LogP contribution in [-0.4, -0.2) is 54.4 Å². The fourth-order valence-electron chi connectivity index (χ4n) is 3.68. The Balaban J connectivity index is 1.69. The molecule has 33 heavy (non-hydrogen) atoms. The number of benzene rings is 1. The average molecular weight is 505 g/mol. The first-order valence-electron chi connectivity index (χ1n) is 10.2. The van der Waals surface area contributed by atoms with Crippen LogP contribution in [0.15, 0.2) is 57.4 Å². The van der Waals surface area contributed by atoms with E-state index in [0.717, 1.165) is 4.90 Å². The molecule has 0 amide bonds. The molecule has 1 aliphatic heterocycles. The molecule has 1 saturated heterocycles. The first-order chi connectivity index (χ1) is 15.7. The third-order valence-electron chi connectivity index (χ3n) is 5.57. The maximum atomic E-state index is 12.9. The van der Waals surface area contributed by atoms with Crippen molar-refractivity contribution in [2.75, 3.05) is 26.2 Å². The van der Waals surface area contributed by atoms with Crippen LogP contribution in [0.3, 0.4) is 0 Å². The number of carboxylic acids is 1. The number of aromatic nitrogens is 1. The molecule has 4 rings (SSSR count). The highest BCUT2D eigenvalue weighted by atomic mass is 35.5. The quantitative estimate of drug-likeness (QED) is 0.528. The van der Waals surface area contributed by atoms with E-state index in [1.54, 1.807) is 53.9 Å². The van der Waals surface area contributed by atoms with Gasteiger partial charge in [-0.2, -0.15) is 9.57 Å². The summed E-state index contributed by atoms with van der Waals surface area (Å²) < 4.78 is 28.9. The molecule has 2 N–H and O–H groups in total. The van der Waals surface area contributed by atoms with E-state index in [4.69, 9.17) is 11.6 Å². The molecule has 0 spiro atoms. The highest BCUT2D eigenvalue weighted by Crippen LogP contribution is 2.36. The standard InChI is InChI=1S/C22H21ClN4O4S2/c1-14(22(28)29)18-10-21(27-13-15(12-24)19(23)11-20(18)27)32-16-2-4-17(5-3-16)33(30,31)26-8-6-25-7-9-26/h2-5,10-11,13-14,25H,6-9H2,1H3,(H,28,29). The molecule has 0 bridgehead atoms. The second kappa shape index (κ2) is 9.37. The predicted molar refractivity (Wildman–Crippen MR) is 125 cm³/mol. The maximum Gasteiger partial charge on any atom is 0.310 e. The van der Waals surface area contributed by atoms with Crippen LogP contribution < -0.4 is 5.32 Å². The van der Waals surface area contributed by atoms with Crippen LogP contribution in [0.25, 0.3) is 5.52 Å². The van der Waals surface area contributed by atoms with Crippen LogP contribution in [-0.2, 0) is 14.8 Å². The Morgan fingerprint density at radius 3 is 2.52 bits per heavy atom. The van der Waals surface area contributed by atoms with Gasteiger partial charge in [0.15, 0.2) is 0 Å². The molecule has 0 saturated carbocycles. The van der Waals surface area contributed by atoms with Gasteiger partial charge in [-0.1, -0.05) is 23.4 Å². The number of nitriles is 1. The Labute approximate surface area is 200 Å². The zero-order valence-corrected chi connectivity index (χ0v) is 20.0. The highest BCUT2D eigenvalue weighted by Gasteiger charge is 2.26. The molecule has 1 atom stereocenters. The molecule has 1 fully saturated rings. The lowest BCUT2D eigenvalue weighted by molar-refractivity contribution is -0.138. The normalized spacial score (nSPS) is 15.9. The molecule has 1 aliphatic rings. The number of nitrogens with zero attached hydrogens (tertiary/aromatic N) is 3. The summed E-state index contributed by atoms with van der Waals surface area (Å²) in [5.41, 5.74) is 1.46. The summed E-state index contributed by atoms with van der Waals surface area (Å²) in [6, 6.07) is 12.0. The van der Waals surface area contributed by atoms with Gasteiger partial charge in [-0.05, 0) is 48.9 Å². The minimum Gasteiger partial charge on any atom is -0.481 e. The van der Waals surface area contributed by atoms with Crippen LogP contribution in [0, 0.1) is 11.3 Å². The van der Waals surface area contributed by atoms with Gasteiger partial charge < -0.3 is 14.8 Å². The zero-order chi connectivity index (χ0) is 23.8. The van der Waals surface area contributed by atoms with Crippen LogP contribution in [0.4, 0.5) is 0 Å². The summed E-state index contributed by atoms with van der Waals surface area (Å²) in [5.74, 6) is -1.74. The Kier molecular flexibility index (Phi) is 6.70. The lowest BCUT2D eigenvalue weighted by Gasteiger charge is -2.26. The number of pyridine rings is 1. The van der Waals surface area contributed by atoms with Gasteiger partial charge in [0.25, 0.3) is 0 Å². The number of hydrogen-bond acceptors (Lipinski definition) is 6. The van der Waals surface area contributed by atoms with Crippen molar-refractivity contribution >= 4 is 44.9 Å². The third kappa shape index (κ3) is 4.60. The van der Waals surface area contributed by atoms with Crippen molar-refractivity contribution in [2.45, 2.75) is 27.7 Å². The lowest BCUT2D eigenvalue weighted by atomic mass is 10.0. The van der Waals surface area contributed by atoms with Crippen LogP contribution >= 0.6 is 23.4 Å². The van der Waals surface area contributed by atoms with Crippen LogP contribution in [0.2, 0.25) is 5.02 Å². The number of hydrogen-bond donors (Lipinski definition) is 2. The zero-order valence-electron chi connectivity index (χ0n) is 17.7. The van der Waals surface area contributed by atoms with E-state index in [9.17, 15) is 23.6 Å². The molecular weight excluding hydrogens is 484 g/mol. The molecule has 1 aromatic carbocycles. The molecule has 3 aromatic rings. The van der Waals surface area contributed by atoms with Gasteiger partial charge in [-0.15, -0.1) is 0 Å². The minimum atomic E-state index is -3.55. The van der Waals surface area contributed by atoms with Crippen LogP contribution in [0.1, 0.15) is 24.0 Å². The number of fused-ring (bicyclic) bond motifs is 1. The smallest absolute Gasteiger partial charge is 0.310 e. The highest BCUT2D eigenvalue weighted by molar-refractivity contribution is 7.99. The number of nitrogens with one attached hydrogen (secondary N) is 1. The van der Waals surface area contributed by atoms with Gasteiger partial charge in [-0.25, -0.2) is 8.42 Å². The van der Waals surface area contributed by atoms with E-state index in [1.807, 2.05) is 6.07 Å². The van der Waals surface area contributed by atoms with E-state index < -0.39 is 21.9 Å². The molecule has 0 aliphatic carbocycles. The SMILES string of the molecule is CC(C(=O)O)c1cc(Sc2ccc(S(=O)(=O)N3CCNCC3)cc2)n2cc(C#N)c(Cl)cc12. The first kappa shape index (κ1) is 23.6. The molecule has 2 aromatic heterocycles. The summed E-state index contributed by atoms with van der Waals surface area (Å²) >= 11 is 7.54. The minimum absolute atomic E-state index is 0.229. The van der Waals surface area contributed by atoms with Crippen molar-refractivity contribution in [1.29, 1.82) is 5.26 Å². The topological polar surface area (TPSA) is 115 Å². The molecule has 0 radical (unpaired) electrons. The van der Waals surface area contributed by atoms with E-state index in [1.165, 1.54) is 16.1 Å². The fourth-order valence-corrected chi connectivity index (χ4v) is 6.27. The Morgan fingerprint density at radius 1 is 1.24 bits per heavy atom. The fraction of sp³-hybridized carbons (Fsp3) is 0.273. The Bertz CT molecular complexity index is 1360. The largest absolute Gasteiger partial charge is 0.481 e. The monoisotopic (exact) mass is 504 g/mol. The van der Waals surface area contributed by atoms with Crippen molar-refractivity contribution in [3.05, 3.63) is 58.7 Å². The van der Waals surface area contributed by atoms with Gasteiger partial charge in [0, 0.05) is 37.3 Å². The third-order valence-corrected chi connectivity index (χ3v) is 8.83. The van der Waals surface area contributed by atoms with Crippen LogP contribution in [0.5, 0.6) is 0 Å². The maximum absolute atomic E-state index is 12.9. The molecule has 11 heteroatoms. The lowest BCUT2D eigenvalue weighted by Crippen LogP contribution is -2.46. The molecular formula is C22H21ClN4O4S2. The van der Waals surface area contributed by atoms with E-state index in [-0.39, 0.29) is 15.5 Å². The summed E-state index contributed by atoms with van der Waals surface area (Å²) in [5, 5.41) is 23.0. The molecule has 8 nitrogen and oxygen atoms in total.